The molecule has 0 aliphatic rings. The molecule has 1 heteroatoms. The lowest BCUT2D eigenvalue weighted by atomic mass is 10.2. The summed E-state index contributed by atoms with van der Waals surface area (Å²) >= 11 is 0. The minimum absolute atomic E-state index is 1.26. The van der Waals surface area contributed by atoms with Crippen LogP contribution in [0.1, 0.15) is 11.1 Å². The van der Waals surface area contributed by atoms with Crippen LogP contribution in [0.5, 0.6) is 0 Å². The van der Waals surface area contributed by atoms with E-state index in [1.54, 1.807) is 0 Å². The fourth-order valence-corrected chi connectivity index (χ4v) is 1.37. The predicted molar refractivity (Wildman–Crippen MR) is 49.1 cm³/mol. The van der Waals surface area contributed by atoms with E-state index in [1.165, 1.54) is 16.6 Å². The molecule has 0 saturated heterocycles. The van der Waals surface area contributed by atoms with Crippen LogP contribution in [0.2, 0.25) is 0 Å². The zero-order valence-corrected chi connectivity index (χ0v) is 7.41. The number of pyridine rings is 2. The molecule has 12 heavy (non-hydrogen) atoms. The lowest BCUT2D eigenvalue weighted by Gasteiger charge is -1.93. The van der Waals surface area contributed by atoms with Crippen LogP contribution in [0.15, 0.2) is 36.7 Å². The summed E-state index contributed by atoms with van der Waals surface area (Å²) in [5.41, 5.74) is 3.87. The van der Waals surface area contributed by atoms with Crippen LogP contribution in [0.25, 0.3) is 5.52 Å². The molecular formula is C11H12N+. The van der Waals surface area contributed by atoms with Gasteiger partial charge in [0.15, 0.2) is 12.4 Å². The van der Waals surface area contributed by atoms with Crippen molar-refractivity contribution >= 4 is 5.52 Å². The summed E-state index contributed by atoms with van der Waals surface area (Å²) in [7, 11) is 0. The molecule has 2 aromatic rings. The van der Waals surface area contributed by atoms with Crippen molar-refractivity contribution in [2.24, 2.45) is 0 Å². The molecule has 0 radical (unpaired) electrons. The normalized spacial score (nSPS) is 10.5. The number of aromatic nitrogens is 1. The molecule has 0 N–H and O–H groups in total. The van der Waals surface area contributed by atoms with Crippen molar-refractivity contribution in [2.45, 2.75) is 13.8 Å². The number of rotatable bonds is 0. The molecule has 2 heterocycles. The van der Waals surface area contributed by atoms with Crippen LogP contribution in [-0.4, -0.2) is 0 Å². The molecule has 0 aliphatic heterocycles. The van der Waals surface area contributed by atoms with Crippen LogP contribution in [0.4, 0.5) is 0 Å². The highest BCUT2D eigenvalue weighted by atomic mass is 14.8. The van der Waals surface area contributed by atoms with E-state index >= 15 is 0 Å². The SMILES string of the molecule is Cc1cc[n+]2ccc(C)cc2c1. The van der Waals surface area contributed by atoms with Gasteiger partial charge < -0.3 is 0 Å². The Hall–Kier alpha value is -1.37. The van der Waals surface area contributed by atoms with Crippen molar-refractivity contribution in [1.82, 2.24) is 0 Å². The van der Waals surface area contributed by atoms with Crippen molar-refractivity contribution in [1.29, 1.82) is 0 Å². The third kappa shape index (κ3) is 1.18. The first-order chi connectivity index (χ1) is 5.75. The summed E-state index contributed by atoms with van der Waals surface area (Å²) in [6.07, 6.45) is 4.17. The standard InChI is InChI=1S/C11H12N/c1-9-3-5-12-6-4-10(2)8-11(12)7-9/h3-8H,1-2H3/q+1. The quantitative estimate of drug-likeness (QED) is 0.517. The average molecular weight is 158 g/mol. The minimum Gasteiger partial charge on any atom is -0.167 e. The molecule has 0 amide bonds. The summed E-state index contributed by atoms with van der Waals surface area (Å²) in [6.45, 7) is 4.23. The third-order valence-corrected chi connectivity index (χ3v) is 2.05. The van der Waals surface area contributed by atoms with Gasteiger partial charge in [-0.25, -0.2) is 0 Å². The number of hydrogen-bond donors (Lipinski definition) is 0. The Morgan fingerprint density at radius 2 is 1.42 bits per heavy atom. The van der Waals surface area contributed by atoms with Gasteiger partial charge in [-0.2, -0.15) is 4.40 Å². The molecule has 2 rings (SSSR count). The molecule has 0 fully saturated rings. The van der Waals surface area contributed by atoms with E-state index in [9.17, 15) is 0 Å². The second kappa shape index (κ2) is 2.59. The smallest absolute Gasteiger partial charge is 0.167 e. The molecule has 0 atom stereocenters. The van der Waals surface area contributed by atoms with Gasteiger partial charge in [-0.15, -0.1) is 0 Å². The predicted octanol–water partition coefficient (Wildman–Crippen LogP) is 2.04. The number of aryl methyl sites for hydroxylation is 2. The highest BCUT2D eigenvalue weighted by Crippen LogP contribution is 2.02. The summed E-state index contributed by atoms with van der Waals surface area (Å²) in [4.78, 5) is 0. The largest absolute Gasteiger partial charge is 0.211 e. The highest BCUT2D eigenvalue weighted by Gasteiger charge is 2.00. The van der Waals surface area contributed by atoms with Gasteiger partial charge in [-0.3, -0.25) is 0 Å². The van der Waals surface area contributed by atoms with Crippen LogP contribution < -0.4 is 4.40 Å². The maximum Gasteiger partial charge on any atom is 0.211 e. The summed E-state index contributed by atoms with van der Waals surface area (Å²) in [6, 6.07) is 8.60. The van der Waals surface area contributed by atoms with Crippen LogP contribution >= 0.6 is 0 Å². The average Bonchev–Trinajstić information content (AvgIpc) is 2.03. The van der Waals surface area contributed by atoms with Gasteiger partial charge >= 0.3 is 0 Å². The maximum atomic E-state index is 2.19. The zero-order valence-electron chi connectivity index (χ0n) is 7.41. The molecule has 2 aromatic heterocycles. The van der Waals surface area contributed by atoms with Crippen molar-refractivity contribution in [2.75, 3.05) is 0 Å². The van der Waals surface area contributed by atoms with Crippen LogP contribution in [-0.2, 0) is 0 Å². The van der Waals surface area contributed by atoms with Crippen molar-refractivity contribution in [3.8, 4) is 0 Å². The second-order valence-electron chi connectivity index (χ2n) is 3.24. The fraction of sp³-hybridized carbons (Fsp3) is 0.182. The van der Waals surface area contributed by atoms with Gasteiger partial charge in [0.1, 0.15) is 0 Å². The number of nitrogens with zero attached hydrogens (tertiary/aromatic N) is 1. The van der Waals surface area contributed by atoms with E-state index < -0.39 is 0 Å². The Bertz CT molecular complexity index is 382. The first-order valence-electron chi connectivity index (χ1n) is 4.14. The Labute approximate surface area is 72.3 Å². The van der Waals surface area contributed by atoms with Crippen molar-refractivity contribution in [3.63, 3.8) is 0 Å². The number of fused-ring (bicyclic) bond motifs is 1. The first kappa shape index (κ1) is 7.29. The molecule has 0 aliphatic carbocycles. The van der Waals surface area contributed by atoms with E-state index in [2.05, 4.69) is 54.9 Å². The molecule has 0 spiro atoms. The third-order valence-electron chi connectivity index (χ3n) is 2.05. The van der Waals surface area contributed by atoms with Crippen LogP contribution in [0, 0.1) is 13.8 Å². The molecule has 0 saturated carbocycles. The molecule has 0 aromatic carbocycles. The van der Waals surface area contributed by atoms with E-state index in [-0.39, 0.29) is 0 Å². The first-order valence-corrected chi connectivity index (χ1v) is 4.14. The van der Waals surface area contributed by atoms with E-state index in [4.69, 9.17) is 0 Å². The summed E-state index contributed by atoms with van der Waals surface area (Å²) in [5, 5.41) is 0. The van der Waals surface area contributed by atoms with Gasteiger partial charge in [0, 0.05) is 24.3 Å². The van der Waals surface area contributed by atoms with E-state index in [0.29, 0.717) is 0 Å². The molecule has 0 bridgehead atoms. The maximum absolute atomic E-state index is 2.19. The Morgan fingerprint density at radius 1 is 0.917 bits per heavy atom. The zero-order chi connectivity index (χ0) is 8.55. The molecule has 60 valence electrons. The topological polar surface area (TPSA) is 4.10 Å². The Kier molecular flexibility index (Phi) is 1.58. The van der Waals surface area contributed by atoms with Gasteiger partial charge in [0.05, 0.1) is 0 Å². The van der Waals surface area contributed by atoms with Crippen LogP contribution in [0.3, 0.4) is 0 Å². The van der Waals surface area contributed by atoms with Crippen molar-refractivity contribution < 1.29 is 4.40 Å². The van der Waals surface area contributed by atoms with Gasteiger partial charge in [0.25, 0.3) is 0 Å². The van der Waals surface area contributed by atoms with E-state index in [0.717, 1.165) is 0 Å². The second-order valence-corrected chi connectivity index (χ2v) is 3.24. The van der Waals surface area contributed by atoms with Crippen molar-refractivity contribution in [3.05, 3.63) is 47.8 Å². The Morgan fingerprint density at radius 3 is 1.92 bits per heavy atom. The fourth-order valence-electron chi connectivity index (χ4n) is 1.37. The summed E-state index contributed by atoms with van der Waals surface area (Å²) in [5.74, 6) is 0. The summed E-state index contributed by atoms with van der Waals surface area (Å²) < 4.78 is 2.12. The minimum atomic E-state index is 1.26. The monoisotopic (exact) mass is 158 g/mol. The van der Waals surface area contributed by atoms with E-state index in [1.807, 2.05) is 0 Å². The molecular weight excluding hydrogens is 146 g/mol. The Balaban J connectivity index is 2.80. The van der Waals surface area contributed by atoms with Gasteiger partial charge in [0.2, 0.25) is 5.52 Å². The van der Waals surface area contributed by atoms with Gasteiger partial charge in [-0.1, -0.05) is 0 Å². The highest BCUT2D eigenvalue weighted by molar-refractivity contribution is 5.42. The number of hydrogen-bond acceptors (Lipinski definition) is 0. The lowest BCUT2D eigenvalue weighted by molar-refractivity contribution is -0.512. The molecule has 0 unspecified atom stereocenters. The lowest BCUT2D eigenvalue weighted by Crippen LogP contribution is -2.20. The molecule has 1 nitrogen and oxygen atoms in total. The van der Waals surface area contributed by atoms with Gasteiger partial charge in [-0.05, 0) is 25.0 Å².